The summed E-state index contributed by atoms with van der Waals surface area (Å²) in [6.07, 6.45) is 2.41. The molecule has 13 heavy (non-hydrogen) atoms. The molecule has 1 amide bonds. The Labute approximate surface area is 78.2 Å². The van der Waals surface area contributed by atoms with Crippen LogP contribution in [0.1, 0.15) is 12.8 Å². The minimum Gasteiger partial charge on any atom is -0.381 e. The van der Waals surface area contributed by atoms with E-state index in [0.717, 1.165) is 25.9 Å². The Morgan fingerprint density at radius 3 is 2.92 bits per heavy atom. The first-order valence-electron chi connectivity index (χ1n) is 4.84. The first-order chi connectivity index (χ1) is 6.31. The fraction of sp³-hybridized carbons (Fsp3) is 0.889. The minimum atomic E-state index is 0.241. The van der Waals surface area contributed by atoms with Gasteiger partial charge >= 0.3 is 0 Å². The summed E-state index contributed by atoms with van der Waals surface area (Å²) in [5.74, 6) is 0.241. The average Bonchev–Trinajstić information content (AvgIpc) is 2.06. The minimum absolute atomic E-state index is 0.241. The zero-order chi connectivity index (χ0) is 9.26. The second kappa shape index (κ2) is 3.64. The summed E-state index contributed by atoms with van der Waals surface area (Å²) in [6.45, 7) is 2.30. The van der Waals surface area contributed by atoms with Gasteiger partial charge in [-0.25, -0.2) is 0 Å². The molecule has 0 atom stereocenters. The molecule has 2 aliphatic rings. The lowest BCUT2D eigenvalue weighted by Gasteiger charge is -2.43. The molecule has 0 aromatic heterocycles. The molecule has 1 N–H and O–H groups in total. The van der Waals surface area contributed by atoms with E-state index in [1.807, 2.05) is 4.90 Å². The molecule has 0 radical (unpaired) electrons. The highest BCUT2D eigenvalue weighted by Gasteiger charge is 2.36. The van der Waals surface area contributed by atoms with E-state index in [-0.39, 0.29) is 5.91 Å². The highest BCUT2D eigenvalue weighted by Crippen LogP contribution is 2.28. The lowest BCUT2D eigenvalue weighted by atomic mass is 9.87. The van der Waals surface area contributed by atoms with Crippen LogP contribution in [0.15, 0.2) is 0 Å². The van der Waals surface area contributed by atoms with Crippen molar-refractivity contribution in [1.82, 2.24) is 10.2 Å². The smallest absolute Gasteiger partial charge is 0.236 e. The molecule has 1 aliphatic heterocycles. The van der Waals surface area contributed by atoms with E-state index in [4.69, 9.17) is 4.74 Å². The van der Waals surface area contributed by atoms with Crippen molar-refractivity contribution in [1.29, 1.82) is 0 Å². The van der Waals surface area contributed by atoms with Crippen molar-refractivity contribution in [3.63, 3.8) is 0 Å². The molecular weight excluding hydrogens is 168 g/mol. The van der Waals surface area contributed by atoms with Crippen LogP contribution >= 0.6 is 0 Å². The molecule has 1 heterocycles. The van der Waals surface area contributed by atoms with Crippen molar-refractivity contribution in [2.75, 3.05) is 26.7 Å². The van der Waals surface area contributed by atoms with Gasteiger partial charge in [-0.1, -0.05) is 0 Å². The third-order valence-electron chi connectivity index (χ3n) is 2.97. The Morgan fingerprint density at radius 2 is 2.31 bits per heavy atom. The Hall–Kier alpha value is -0.610. The maximum atomic E-state index is 11.4. The summed E-state index contributed by atoms with van der Waals surface area (Å²) in [4.78, 5) is 13.4. The van der Waals surface area contributed by atoms with Gasteiger partial charge in [0.25, 0.3) is 0 Å². The molecule has 2 fully saturated rings. The number of hydrogen-bond acceptors (Lipinski definition) is 3. The first-order valence-corrected chi connectivity index (χ1v) is 4.84. The van der Waals surface area contributed by atoms with Gasteiger partial charge in [-0.2, -0.15) is 0 Å². The van der Waals surface area contributed by atoms with Gasteiger partial charge in [0, 0.05) is 26.2 Å². The van der Waals surface area contributed by atoms with Gasteiger partial charge in [0.1, 0.15) is 0 Å². The molecular formula is C9H16N2O2. The Kier molecular flexibility index (Phi) is 2.51. The molecule has 0 aromatic carbocycles. The Balaban J connectivity index is 1.84. The van der Waals surface area contributed by atoms with Crippen molar-refractivity contribution in [3.05, 3.63) is 0 Å². The van der Waals surface area contributed by atoms with Gasteiger partial charge < -0.3 is 15.0 Å². The van der Waals surface area contributed by atoms with Crippen LogP contribution in [-0.4, -0.2) is 49.7 Å². The van der Waals surface area contributed by atoms with Crippen molar-refractivity contribution < 1.29 is 9.53 Å². The molecule has 0 aromatic rings. The van der Waals surface area contributed by atoms with Gasteiger partial charge in [-0.3, -0.25) is 4.79 Å². The Morgan fingerprint density at radius 1 is 1.54 bits per heavy atom. The molecule has 4 heteroatoms. The fourth-order valence-corrected chi connectivity index (χ4v) is 1.99. The molecule has 0 spiro atoms. The number of carbonyl (C=O) groups is 1. The number of methoxy groups -OCH3 is 1. The monoisotopic (exact) mass is 184 g/mol. The molecule has 4 nitrogen and oxygen atoms in total. The number of amides is 1. The van der Waals surface area contributed by atoms with E-state index in [1.54, 1.807) is 7.11 Å². The zero-order valence-electron chi connectivity index (χ0n) is 7.95. The largest absolute Gasteiger partial charge is 0.381 e. The van der Waals surface area contributed by atoms with Crippen molar-refractivity contribution in [2.24, 2.45) is 0 Å². The molecule has 1 saturated heterocycles. The van der Waals surface area contributed by atoms with Crippen molar-refractivity contribution in [3.8, 4) is 0 Å². The Bertz CT molecular complexity index is 202. The van der Waals surface area contributed by atoms with E-state index >= 15 is 0 Å². The number of rotatable bonds is 2. The zero-order valence-corrected chi connectivity index (χ0v) is 7.95. The van der Waals surface area contributed by atoms with Crippen LogP contribution in [0.25, 0.3) is 0 Å². The fourth-order valence-electron chi connectivity index (χ4n) is 1.99. The van der Waals surface area contributed by atoms with Gasteiger partial charge in [0.2, 0.25) is 5.91 Å². The highest BCUT2D eigenvalue weighted by molar-refractivity contribution is 5.79. The lowest BCUT2D eigenvalue weighted by Crippen LogP contribution is -2.57. The number of piperazine rings is 1. The third-order valence-corrected chi connectivity index (χ3v) is 2.97. The summed E-state index contributed by atoms with van der Waals surface area (Å²) in [6, 6.07) is 0.444. The summed E-state index contributed by atoms with van der Waals surface area (Å²) < 4.78 is 5.19. The van der Waals surface area contributed by atoms with Crippen LogP contribution in [0, 0.1) is 0 Å². The van der Waals surface area contributed by atoms with Crippen molar-refractivity contribution in [2.45, 2.75) is 25.0 Å². The first kappa shape index (κ1) is 8.97. The van der Waals surface area contributed by atoms with Crippen LogP contribution in [0.4, 0.5) is 0 Å². The molecule has 74 valence electrons. The number of carbonyl (C=O) groups excluding carboxylic acids is 1. The van der Waals surface area contributed by atoms with Crippen LogP contribution in [0.3, 0.4) is 0 Å². The van der Waals surface area contributed by atoms with E-state index in [1.165, 1.54) is 0 Å². The second-order valence-electron chi connectivity index (χ2n) is 3.75. The SMILES string of the molecule is COC1CC(N2CCNCC2=O)C1. The summed E-state index contributed by atoms with van der Waals surface area (Å²) in [5.41, 5.74) is 0. The van der Waals surface area contributed by atoms with E-state index in [9.17, 15) is 4.79 Å². The maximum Gasteiger partial charge on any atom is 0.236 e. The summed E-state index contributed by atoms with van der Waals surface area (Å²) >= 11 is 0. The standard InChI is InChI=1S/C9H16N2O2/c1-13-8-4-7(5-8)11-3-2-10-6-9(11)12/h7-8,10H,2-6H2,1H3. The van der Waals surface area contributed by atoms with Crippen LogP contribution < -0.4 is 5.32 Å². The van der Waals surface area contributed by atoms with E-state index in [2.05, 4.69) is 5.32 Å². The predicted molar refractivity (Wildman–Crippen MR) is 48.4 cm³/mol. The maximum absolute atomic E-state index is 11.4. The topological polar surface area (TPSA) is 41.6 Å². The highest BCUT2D eigenvalue weighted by atomic mass is 16.5. The van der Waals surface area contributed by atoms with Gasteiger partial charge in [0.05, 0.1) is 12.6 Å². The van der Waals surface area contributed by atoms with E-state index < -0.39 is 0 Å². The second-order valence-corrected chi connectivity index (χ2v) is 3.75. The molecule has 1 saturated carbocycles. The summed E-state index contributed by atoms with van der Waals surface area (Å²) in [5, 5.41) is 3.07. The number of ether oxygens (including phenoxy) is 1. The molecule has 2 rings (SSSR count). The van der Waals surface area contributed by atoms with Crippen LogP contribution in [-0.2, 0) is 9.53 Å². The van der Waals surface area contributed by atoms with Gasteiger partial charge in [-0.05, 0) is 12.8 Å². The molecule has 0 bridgehead atoms. The quantitative estimate of drug-likeness (QED) is 0.634. The van der Waals surface area contributed by atoms with Gasteiger partial charge in [0.15, 0.2) is 0 Å². The molecule has 1 aliphatic carbocycles. The predicted octanol–water partition coefficient (Wildman–Crippen LogP) is -0.404. The number of nitrogens with one attached hydrogen (secondary N) is 1. The average molecular weight is 184 g/mol. The van der Waals surface area contributed by atoms with Crippen molar-refractivity contribution >= 4 is 5.91 Å². The van der Waals surface area contributed by atoms with Crippen LogP contribution in [0.5, 0.6) is 0 Å². The van der Waals surface area contributed by atoms with Gasteiger partial charge in [-0.15, -0.1) is 0 Å². The third kappa shape index (κ3) is 1.69. The summed E-state index contributed by atoms with van der Waals surface area (Å²) in [7, 11) is 1.74. The lowest BCUT2D eigenvalue weighted by molar-refractivity contribution is -0.139. The normalized spacial score (nSPS) is 34.5. The molecule has 0 unspecified atom stereocenters. The number of nitrogens with zero attached hydrogens (tertiary/aromatic N) is 1. The number of hydrogen-bond donors (Lipinski definition) is 1. The van der Waals surface area contributed by atoms with Crippen LogP contribution in [0.2, 0.25) is 0 Å². The van der Waals surface area contributed by atoms with E-state index in [0.29, 0.717) is 18.7 Å².